The van der Waals surface area contributed by atoms with E-state index in [0.717, 1.165) is 0 Å². The van der Waals surface area contributed by atoms with Gasteiger partial charge in [-0.3, -0.25) is 4.79 Å². The van der Waals surface area contributed by atoms with Crippen LogP contribution < -0.4 is 11.1 Å². The van der Waals surface area contributed by atoms with E-state index in [1.807, 2.05) is 0 Å². The number of carbonyl (C=O) groups excluding carboxylic acids is 1. The van der Waals surface area contributed by atoms with E-state index in [4.69, 9.17) is 15.4 Å². The summed E-state index contributed by atoms with van der Waals surface area (Å²) in [7, 11) is -3.93. The van der Waals surface area contributed by atoms with Crippen molar-refractivity contribution in [1.29, 1.82) is 0 Å². The maximum absolute atomic E-state index is 10.3. The average Bonchev–Trinajstić information content (AvgIpc) is 1.81. The van der Waals surface area contributed by atoms with Crippen molar-refractivity contribution in [3.63, 3.8) is 0 Å². The lowest BCUT2D eigenvalue weighted by Crippen LogP contribution is -2.37. The molecule has 6 N–H and O–H groups in total. The summed E-state index contributed by atoms with van der Waals surface area (Å²) in [6.07, 6.45) is -1.19. The fraction of sp³-hybridized carbons (Fsp3) is 0.800. The van der Waals surface area contributed by atoms with E-state index in [9.17, 15) is 13.2 Å². The van der Waals surface area contributed by atoms with Gasteiger partial charge in [0.1, 0.15) is 5.75 Å². The molecule has 0 saturated carbocycles. The predicted octanol–water partition coefficient (Wildman–Crippen LogP) is -3.52. The van der Waals surface area contributed by atoms with Gasteiger partial charge in [0, 0.05) is 6.54 Å². The van der Waals surface area contributed by atoms with Gasteiger partial charge in [0.2, 0.25) is 5.91 Å². The van der Waals surface area contributed by atoms with Gasteiger partial charge >= 0.3 is 10.1 Å². The standard InChI is InChI=1S/C5H12N2O5S/c6-5(9)2-7-1-4(8)3-13(10,11)12/h4,7-8H,1-3H2,(H2,6,9)(H,10,11,12)/p+1. The van der Waals surface area contributed by atoms with Crippen LogP contribution in [0, 0.1) is 0 Å². The Hall–Kier alpha value is -0.700. The minimum atomic E-state index is -3.93. The lowest BCUT2D eigenvalue weighted by atomic mass is 10.4. The number of hydrogen-bond donors (Lipinski definition) is 3. The zero-order chi connectivity index (χ0) is 10.5. The third kappa shape index (κ3) is 9.21. The summed E-state index contributed by atoms with van der Waals surface area (Å²) < 4.78 is 27.1. The lowest BCUT2D eigenvalue weighted by molar-refractivity contribution is -0.117. The number of carbonyl (C=O) groups is 1. The van der Waals surface area contributed by atoms with Gasteiger partial charge in [-0.1, -0.05) is 0 Å². The molecule has 8 heteroatoms. The van der Waals surface area contributed by atoms with E-state index < -0.39 is 27.9 Å². The first-order valence-corrected chi connectivity index (χ1v) is 5.11. The molecule has 0 fully saturated rings. The van der Waals surface area contributed by atoms with Crippen molar-refractivity contribution in [2.45, 2.75) is 6.10 Å². The van der Waals surface area contributed by atoms with Crippen molar-refractivity contribution in [3.8, 4) is 0 Å². The number of rotatable bonds is 6. The Labute approximate surface area is 75.7 Å². The number of nitrogens with two attached hydrogens (primary N) is 1. The Morgan fingerprint density at radius 3 is 2.54 bits per heavy atom. The van der Waals surface area contributed by atoms with Gasteiger partial charge in [-0.15, -0.1) is 0 Å². The summed E-state index contributed by atoms with van der Waals surface area (Å²) in [5.74, 6) is -1.25. The van der Waals surface area contributed by atoms with Gasteiger partial charge < -0.3 is 20.7 Å². The van der Waals surface area contributed by atoms with Crippen LogP contribution in [0.4, 0.5) is 0 Å². The Bertz CT molecular complexity index is 262. The summed E-state index contributed by atoms with van der Waals surface area (Å²) in [6, 6.07) is 0. The van der Waals surface area contributed by atoms with Crippen molar-refractivity contribution in [3.05, 3.63) is 0 Å². The summed E-state index contributed by atoms with van der Waals surface area (Å²) in [6.45, 7) is -0.212. The van der Waals surface area contributed by atoms with Crippen LogP contribution in [-0.2, 0) is 14.9 Å². The Morgan fingerprint density at radius 1 is 1.62 bits per heavy atom. The van der Waals surface area contributed by atoms with E-state index >= 15 is 0 Å². The summed E-state index contributed by atoms with van der Waals surface area (Å²) in [5, 5.41) is 11.4. The van der Waals surface area contributed by atoms with Gasteiger partial charge in [0.15, 0.2) is 0 Å². The van der Waals surface area contributed by atoms with Crippen LogP contribution in [-0.4, -0.2) is 48.9 Å². The minimum Gasteiger partial charge on any atom is -0.390 e. The van der Waals surface area contributed by atoms with Crippen molar-refractivity contribution in [2.24, 2.45) is 5.73 Å². The van der Waals surface area contributed by atoms with E-state index in [0.29, 0.717) is 0 Å². The van der Waals surface area contributed by atoms with Gasteiger partial charge in [-0.05, 0) is 0 Å². The lowest BCUT2D eigenvalue weighted by Gasteiger charge is -2.06. The van der Waals surface area contributed by atoms with Gasteiger partial charge in [-0.2, -0.15) is 8.42 Å². The first kappa shape index (κ1) is 12.3. The normalized spacial score (nSPS) is 14.0. The molecule has 1 atom stereocenters. The topological polar surface area (TPSA) is 132 Å². The van der Waals surface area contributed by atoms with Crippen LogP contribution in [0.1, 0.15) is 0 Å². The maximum atomic E-state index is 10.3. The number of amides is 1. The second-order valence-electron chi connectivity index (χ2n) is 2.53. The van der Waals surface area contributed by atoms with Crippen LogP contribution in [0.3, 0.4) is 0 Å². The molecule has 0 spiro atoms. The smallest absolute Gasteiger partial charge is 0.380 e. The number of hydrogen-bond acceptors (Lipinski definition) is 5. The number of nitrogens with one attached hydrogen (secondary N) is 1. The molecule has 0 aliphatic heterocycles. The molecule has 0 radical (unpaired) electrons. The first-order valence-electron chi connectivity index (χ1n) is 3.45. The molecule has 0 heterocycles. The summed E-state index contributed by atoms with van der Waals surface area (Å²) >= 11 is 0. The van der Waals surface area contributed by atoms with Crippen LogP contribution >= 0.6 is 0 Å². The second-order valence-corrected chi connectivity index (χ2v) is 4.10. The molecule has 1 unspecified atom stereocenters. The average molecular weight is 213 g/mol. The van der Waals surface area contributed by atoms with E-state index in [2.05, 4.69) is 5.32 Å². The number of primary amides is 1. The fourth-order valence-corrected chi connectivity index (χ4v) is 1.30. The summed E-state index contributed by atoms with van der Waals surface area (Å²) in [4.78, 5) is 10.2. The monoisotopic (exact) mass is 213 g/mol. The van der Waals surface area contributed by atoms with E-state index in [1.54, 1.807) is 0 Å². The molecular formula is C5H13N2O5S+. The molecule has 0 bridgehead atoms. The molecule has 0 aromatic rings. The van der Waals surface area contributed by atoms with E-state index in [1.165, 1.54) is 0 Å². The van der Waals surface area contributed by atoms with Crippen LogP contribution in [0.15, 0.2) is 0 Å². The quantitative estimate of drug-likeness (QED) is 0.393. The molecule has 7 nitrogen and oxygen atoms in total. The first-order chi connectivity index (χ1) is 5.81. The predicted molar refractivity (Wildman–Crippen MR) is 45.5 cm³/mol. The van der Waals surface area contributed by atoms with Crippen molar-refractivity contribution < 1.29 is 22.9 Å². The SMILES string of the molecule is NC(=O)CNCC(O)CS(=O)(=O)[OH2+]. The molecule has 0 aliphatic carbocycles. The molecule has 0 aliphatic rings. The summed E-state index contributed by atoms with van der Waals surface area (Å²) in [5.41, 5.74) is 4.77. The molecule has 0 rings (SSSR count). The highest BCUT2D eigenvalue weighted by atomic mass is 32.2. The fourth-order valence-electron chi connectivity index (χ4n) is 0.674. The van der Waals surface area contributed by atoms with Crippen molar-refractivity contribution in [1.82, 2.24) is 5.32 Å². The molecule has 0 saturated heterocycles. The highest BCUT2D eigenvalue weighted by Crippen LogP contribution is 1.88. The van der Waals surface area contributed by atoms with Gasteiger partial charge in [0.05, 0.1) is 12.6 Å². The van der Waals surface area contributed by atoms with Crippen LogP contribution in [0.5, 0.6) is 0 Å². The highest BCUT2D eigenvalue weighted by Gasteiger charge is 2.17. The number of aliphatic hydroxyl groups is 1. The van der Waals surface area contributed by atoms with E-state index in [-0.39, 0.29) is 13.1 Å². The molecule has 13 heavy (non-hydrogen) atoms. The third-order valence-electron chi connectivity index (χ3n) is 1.09. The molecule has 78 valence electrons. The Balaban J connectivity index is 3.64. The molecule has 0 aromatic carbocycles. The highest BCUT2D eigenvalue weighted by molar-refractivity contribution is 7.85. The minimum absolute atomic E-state index is 0.0823. The van der Waals surface area contributed by atoms with Crippen molar-refractivity contribution >= 4 is 16.0 Å². The zero-order valence-corrected chi connectivity index (χ0v) is 7.67. The van der Waals surface area contributed by atoms with Crippen molar-refractivity contribution in [2.75, 3.05) is 18.8 Å². The van der Waals surface area contributed by atoms with Crippen LogP contribution in [0.2, 0.25) is 0 Å². The molecule has 1 amide bonds. The second kappa shape index (κ2) is 5.12. The molecular weight excluding hydrogens is 200 g/mol. The van der Waals surface area contributed by atoms with Crippen LogP contribution in [0.25, 0.3) is 0 Å². The zero-order valence-electron chi connectivity index (χ0n) is 6.86. The van der Waals surface area contributed by atoms with Gasteiger partial charge in [0.25, 0.3) is 0 Å². The van der Waals surface area contributed by atoms with Gasteiger partial charge in [-0.25, -0.2) is 0 Å². The Kier molecular flexibility index (Phi) is 4.85. The largest absolute Gasteiger partial charge is 0.390 e. The Morgan fingerprint density at radius 2 is 2.15 bits per heavy atom. The maximum Gasteiger partial charge on any atom is 0.380 e. The number of aliphatic hydroxyl groups excluding tert-OH is 1. The molecule has 0 aromatic heterocycles. The third-order valence-corrected chi connectivity index (χ3v) is 1.91.